The van der Waals surface area contributed by atoms with Crippen molar-refractivity contribution < 1.29 is 4.74 Å². The number of aromatic nitrogens is 2. The fraction of sp³-hybridized carbons (Fsp3) is 0.360. The summed E-state index contributed by atoms with van der Waals surface area (Å²) in [4.78, 5) is 6.94. The maximum Gasteiger partial charge on any atom is 0.191 e. The van der Waals surface area contributed by atoms with E-state index in [2.05, 4.69) is 37.8 Å². The molecule has 168 valence electrons. The van der Waals surface area contributed by atoms with Crippen LogP contribution >= 0.6 is 0 Å². The van der Waals surface area contributed by atoms with E-state index in [4.69, 9.17) is 4.74 Å². The van der Waals surface area contributed by atoms with Crippen LogP contribution in [-0.4, -0.2) is 54.4 Å². The molecule has 7 nitrogen and oxygen atoms in total. The van der Waals surface area contributed by atoms with Gasteiger partial charge in [0.25, 0.3) is 0 Å². The van der Waals surface area contributed by atoms with E-state index in [0.29, 0.717) is 6.54 Å². The molecule has 0 radical (unpaired) electrons. The van der Waals surface area contributed by atoms with E-state index in [1.165, 1.54) is 18.4 Å². The van der Waals surface area contributed by atoms with Crippen LogP contribution in [0.4, 0.5) is 0 Å². The van der Waals surface area contributed by atoms with Crippen LogP contribution in [0.15, 0.2) is 71.9 Å². The first kappa shape index (κ1) is 21.9. The first-order chi connectivity index (χ1) is 15.8. The van der Waals surface area contributed by atoms with E-state index in [1.54, 1.807) is 14.2 Å². The number of likely N-dealkylation sites (tertiary alicyclic amines) is 1. The Morgan fingerprint density at radius 1 is 1.03 bits per heavy atom. The van der Waals surface area contributed by atoms with Crippen LogP contribution in [0.25, 0.3) is 5.69 Å². The van der Waals surface area contributed by atoms with Crippen molar-refractivity contribution in [2.24, 2.45) is 4.99 Å². The molecule has 1 aliphatic heterocycles. The number of rotatable bonds is 8. The lowest BCUT2D eigenvalue weighted by atomic mass is 10.0. The van der Waals surface area contributed by atoms with Crippen LogP contribution in [0.3, 0.4) is 0 Å². The molecule has 0 spiro atoms. The molecule has 1 aliphatic rings. The number of aliphatic imine (C=N–C) groups is 1. The lowest BCUT2D eigenvalue weighted by molar-refractivity contribution is 0.239. The smallest absolute Gasteiger partial charge is 0.191 e. The van der Waals surface area contributed by atoms with E-state index in [1.807, 2.05) is 59.4 Å². The second-order valence-corrected chi connectivity index (χ2v) is 7.89. The number of ether oxygens (including phenoxy) is 1. The zero-order chi connectivity index (χ0) is 22.2. The second kappa shape index (κ2) is 10.8. The number of guanidine groups is 1. The Morgan fingerprint density at radius 2 is 1.78 bits per heavy atom. The van der Waals surface area contributed by atoms with Crippen LogP contribution < -0.4 is 15.4 Å². The number of benzene rings is 2. The zero-order valence-electron chi connectivity index (χ0n) is 18.9. The van der Waals surface area contributed by atoms with Crippen molar-refractivity contribution in [3.63, 3.8) is 0 Å². The Hall–Kier alpha value is -3.32. The van der Waals surface area contributed by atoms with Crippen molar-refractivity contribution in [3.05, 3.63) is 78.1 Å². The Labute approximate surface area is 190 Å². The van der Waals surface area contributed by atoms with Gasteiger partial charge < -0.3 is 15.4 Å². The highest BCUT2D eigenvalue weighted by Crippen LogP contribution is 2.31. The minimum absolute atomic E-state index is 0.226. The molecule has 7 heteroatoms. The third-order valence-corrected chi connectivity index (χ3v) is 5.87. The first-order valence-corrected chi connectivity index (χ1v) is 11.2. The predicted molar refractivity (Wildman–Crippen MR) is 128 cm³/mol. The molecule has 2 aromatic carbocycles. The summed E-state index contributed by atoms with van der Waals surface area (Å²) in [5.41, 5.74) is 3.21. The van der Waals surface area contributed by atoms with Crippen molar-refractivity contribution in [2.75, 3.05) is 33.8 Å². The van der Waals surface area contributed by atoms with Crippen LogP contribution in [-0.2, 0) is 6.54 Å². The number of hydrogen-bond acceptors (Lipinski definition) is 4. The van der Waals surface area contributed by atoms with Gasteiger partial charge in [0.15, 0.2) is 5.96 Å². The van der Waals surface area contributed by atoms with Gasteiger partial charge in [-0.15, -0.1) is 0 Å². The van der Waals surface area contributed by atoms with Gasteiger partial charge in [0, 0.05) is 25.4 Å². The normalized spacial score (nSPS) is 15.5. The minimum atomic E-state index is 0.226. The van der Waals surface area contributed by atoms with Gasteiger partial charge in [0.2, 0.25) is 0 Å². The molecule has 1 atom stereocenters. The van der Waals surface area contributed by atoms with Gasteiger partial charge in [-0.05, 0) is 50.2 Å². The molecular formula is C25H32N6O. The Morgan fingerprint density at radius 3 is 2.53 bits per heavy atom. The molecule has 3 aromatic rings. The number of nitrogens with zero attached hydrogens (tertiary/aromatic N) is 4. The van der Waals surface area contributed by atoms with Crippen LogP contribution in [0.5, 0.6) is 5.75 Å². The third kappa shape index (κ3) is 5.29. The molecule has 1 fully saturated rings. The third-order valence-electron chi connectivity index (χ3n) is 5.87. The summed E-state index contributed by atoms with van der Waals surface area (Å²) < 4.78 is 7.54. The Kier molecular flexibility index (Phi) is 7.40. The molecule has 32 heavy (non-hydrogen) atoms. The Bertz CT molecular complexity index is 1010. The molecule has 0 amide bonds. The van der Waals surface area contributed by atoms with E-state index in [-0.39, 0.29) is 6.04 Å². The molecule has 0 aliphatic carbocycles. The Balaban J connectivity index is 1.38. The molecule has 1 aromatic heterocycles. The number of hydrogen-bond donors (Lipinski definition) is 2. The molecule has 4 rings (SSSR count). The van der Waals surface area contributed by atoms with E-state index in [9.17, 15) is 0 Å². The fourth-order valence-corrected chi connectivity index (χ4v) is 4.20. The summed E-state index contributed by atoms with van der Waals surface area (Å²) in [5.74, 6) is 1.69. The van der Waals surface area contributed by atoms with Crippen molar-refractivity contribution in [3.8, 4) is 11.4 Å². The SMILES string of the molecule is CN=C(NCc1ccn(-c2ccccc2)n1)NCC(c1ccccc1OC)N1CCCC1. The van der Waals surface area contributed by atoms with Gasteiger partial charge in [0.05, 0.1) is 31.1 Å². The molecular weight excluding hydrogens is 400 g/mol. The van der Waals surface area contributed by atoms with Crippen LogP contribution in [0, 0.1) is 0 Å². The standard InChI is InChI=1S/C25H32N6O/c1-26-25(27-18-20-14-17-31(29-20)21-10-4-3-5-11-21)28-19-23(30-15-8-9-16-30)22-12-6-7-13-24(22)32-2/h3-7,10-14,17,23H,8-9,15-16,18-19H2,1-2H3,(H2,26,27,28). The molecule has 0 bridgehead atoms. The topological polar surface area (TPSA) is 66.7 Å². The van der Waals surface area contributed by atoms with Crippen molar-refractivity contribution in [1.29, 1.82) is 0 Å². The maximum atomic E-state index is 5.65. The quantitative estimate of drug-likeness (QED) is 0.422. The van der Waals surface area contributed by atoms with Crippen molar-refractivity contribution in [2.45, 2.75) is 25.4 Å². The molecule has 2 heterocycles. The van der Waals surface area contributed by atoms with E-state index < -0.39 is 0 Å². The van der Waals surface area contributed by atoms with E-state index >= 15 is 0 Å². The molecule has 1 saturated heterocycles. The number of methoxy groups -OCH3 is 1. The summed E-state index contributed by atoms with van der Waals surface area (Å²) in [5, 5.41) is 11.6. The van der Waals surface area contributed by atoms with Gasteiger partial charge >= 0.3 is 0 Å². The fourth-order valence-electron chi connectivity index (χ4n) is 4.20. The lowest BCUT2D eigenvalue weighted by Gasteiger charge is -2.30. The molecule has 1 unspecified atom stereocenters. The highest BCUT2D eigenvalue weighted by molar-refractivity contribution is 5.79. The summed E-state index contributed by atoms with van der Waals surface area (Å²) in [6.07, 6.45) is 4.46. The van der Waals surface area contributed by atoms with Crippen molar-refractivity contribution >= 4 is 5.96 Å². The van der Waals surface area contributed by atoms with Crippen LogP contribution in [0.1, 0.15) is 30.1 Å². The largest absolute Gasteiger partial charge is 0.496 e. The maximum absolute atomic E-state index is 5.65. The summed E-state index contributed by atoms with van der Waals surface area (Å²) in [7, 11) is 3.54. The van der Waals surface area contributed by atoms with Gasteiger partial charge in [-0.25, -0.2) is 4.68 Å². The highest BCUT2D eigenvalue weighted by Gasteiger charge is 2.26. The lowest BCUT2D eigenvalue weighted by Crippen LogP contribution is -2.42. The average molecular weight is 433 g/mol. The monoisotopic (exact) mass is 432 g/mol. The van der Waals surface area contributed by atoms with Crippen LogP contribution in [0.2, 0.25) is 0 Å². The first-order valence-electron chi connectivity index (χ1n) is 11.2. The molecule has 0 saturated carbocycles. The summed E-state index contributed by atoms with van der Waals surface area (Å²) in [6.45, 7) is 3.56. The average Bonchev–Trinajstić information content (AvgIpc) is 3.55. The van der Waals surface area contributed by atoms with E-state index in [0.717, 1.165) is 42.7 Å². The molecule has 2 N–H and O–H groups in total. The van der Waals surface area contributed by atoms with Gasteiger partial charge in [-0.3, -0.25) is 9.89 Å². The highest BCUT2D eigenvalue weighted by atomic mass is 16.5. The predicted octanol–water partition coefficient (Wildman–Crippen LogP) is 3.38. The van der Waals surface area contributed by atoms with Crippen molar-refractivity contribution in [1.82, 2.24) is 25.3 Å². The zero-order valence-corrected chi connectivity index (χ0v) is 18.9. The van der Waals surface area contributed by atoms with Gasteiger partial charge in [-0.2, -0.15) is 5.10 Å². The van der Waals surface area contributed by atoms with Gasteiger partial charge in [-0.1, -0.05) is 36.4 Å². The second-order valence-electron chi connectivity index (χ2n) is 7.89. The minimum Gasteiger partial charge on any atom is -0.496 e. The summed E-state index contributed by atoms with van der Waals surface area (Å²) in [6, 6.07) is 20.7. The summed E-state index contributed by atoms with van der Waals surface area (Å²) >= 11 is 0. The van der Waals surface area contributed by atoms with Gasteiger partial charge in [0.1, 0.15) is 5.75 Å². The number of para-hydroxylation sites is 2. The number of nitrogens with one attached hydrogen (secondary N) is 2.